The number of pyridine rings is 1. The van der Waals surface area contributed by atoms with Gasteiger partial charge in [0.05, 0.1) is 10.6 Å². The van der Waals surface area contributed by atoms with E-state index >= 15 is 0 Å². The summed E-state index contributed by atoms with van der Waals surface area (Å²) >= 11 is 5.80. The third kappa shape index (κ3) is 2.60. The molecule has 1 fully saturated rings. The van der Waals surface area contributed by atoms with Gasteiger partial charge in [-0.3, -0.25) is 0 Å². The van der Waals surface area contributed by atoms with E-state index < -0.39 is 5.97 Å². The lowest BCUT2D eigenvalue weighted by atomic mass is 10.1. The summed E-state index contributed by atoms with van der Waals surface area (Å²) in [4.78, 5) is 15.1. The van der Waals surface area contributed by atoms with Gasteiger partial charge in [0.2, 0.25) is 0 Å². The second kappa shape index (κ2) is 5.13. The monoisotopic (exact) mass is 288 g/mol. The summed E-state index contributed by atoms with van der Waals surface area (Å²) in [5, 5.41) is 12.4. The van der Waals surface area contributed by atoms with Crippen LogP contribution in [0.3, 0.4) is 0 Å². The van der Waals surface area contributed by atoms with Crippen molar-refractivity contribution in [1.29, 1.82) is 0 Å². The minimum Gasteiger partial charge on any atom is -0.478 e. The molecular formula is C15H13ClN2O2. The van der Waals surface area contributed by atoms with Gasteiger partial charge in [-0.05, 0) is 18.1 Å². The van der Waals surface area contributed by atoms with E-state index in [1.807, 2.05) is 18.2 Å². The van der Waals surface area contributed by atoms with Crippen LogP contribution in [0, 0.1) is 0 Å². The fraction of sp³-hybridized carbons (Fsp3) is 0.200. The molecule has 1 aliphatic rings. The first kappa shape index (κ1) is 12.9. The highest BCUT2D eigenvalue weighted by Crippen LogP contribution is 2.42. The Morgan fingerprint density at radius 3 is 2.80 bits per heavy atom. The molecule has 1 aliphatic carbocycles. The fourth-order valence-electron chi connectivity index (χ4n) is 2.29. The summed E-state index contributed by atoms with van der Waals surface area (Å²) in [6.07, 6.45) is 2.39. The Balaban J connectivity index is 1.71. The van der Waals surface area contributed by atoms with Gasteiger partial charge in [-0.15, -0.1) is 0 Å². The zero-order valence-corrected chi connectivity index (χ0v) is 11.3. The Kier molecular flexibility index (Phi) is 3.32. The second-order valence-electron chi connectivity index (χ2n) is 4.86. The van der Waals surface area contributed by atoms with Crippen molar-refractivity contribution in [3.63, 3.8) is 0 Å². The van der Waals surface area contributed by atoms with E-state index in [1.165, 1.54) is 17.8 Å². The third-order valence-electron chi connectivity index (χ3n) is 3.44. The molecule has 102 valence electrons. The predicted octanol–water partition coefficient (Wildman–Crippen LogP) is 3.40. The van der Waals surface area contributed by atoms with E-state index in [0.717, 1.165) is 6.42 Å². The van der Waals surface area contributed by atoms with Crippen LogP contribution in [0.2, 0.25) is 5.02 Å². The molecule has 0 saturated heterocycles. The molecule has 0 amide bonds. The van der Waals surface area contributed by atoms with Crippen molar-refractivity contribution in [2.24, 2.45) is 0 Å². The van der Waals surface area contributed by atoms with Gasteiger partial charge < -0.3 is 10.4 Å². The van der Waals surface area contributed by atoms with Gasteiger partial charge in [0.15, 0.2) is 0 Å². The Morgan fingerprint density at radius 1 is 1.35 bits per heavy atom. The predicted molar refractivity (Wildman–Crippen MR) is 77.4 cm³/mol. The lowest BCUT2D eigenvalue weighted by Gasteiger charge is -2.07. The van der Waals surface area contributed by atoms with Crippen LogP contribution in [0.5, 0.6) is 0 Å². The largest absolute Gasteiger partial charge is 0.478 e. The number of hydrogen-bond donors (Lipinski definition) is 2. The molecule has 5 heteroatoms. The van der Waals surface area contributed by atoms with E-state index in [0.29, 0.717) is 17.8 Å². The normalized spacial score (nSPS) is 20.4. The molecule has 1 aromatic carbocycles. The average Bonchev–Trinajstić information content (AvgIpc) is 3.21. The van der Waals surface area contributed by atoms with Crippen LogP contribution in [-0.4, -0.2) is 22.1 Å². The third-order valence-corrected chi connectivity index (χ3v) is 3.74. The highest BCUT2D eigenvalue weighted by molar-refractivity contribution is 6.33. The number of carboxylic acids is 1. The molecule has 2 N–H and O–H groups in total. The summed E-state index contributed by atoms with van der Waals surface area (Å²) in [5.74, 6) is -0.0342. The summed E-state index contributed by atoms with van der Waals surface area (Å²) < 4.78 is 0. The maximum atomic E-state index is 11.0. The number of hydrogen-bond acceptors (Lipinski definition) is 3. The van der Waals surface area contributed by atoms with Crippen LogP contribution in [0.1, 0.15) is 28.3 Å². The first-order valence-electron chi connectivity index (χ1n) is 6.35. The topological polar surface area (TPSA) is 62.2 Å². The number of nitrogens with zero attached hydrogens (tertiary/aromatic N) is 1. The Labute approximate surface area is 121 Å². The van der Waals surface area contributed by atoms with Crippen molar-refractivity contribution in [3.05, 3.63) is 58.7 Å². The highest BCUT2D eigenvalue weighted by Gasteiger charge is 2.38. The van der Waals surface area contributed by atoms with Gasteiger partial charge in [-0.25, -0.2) is 9.78 Å². The zero-order chi connectivity index (χ0) is 14.1. The smallest absolute Gasteiger partial charge is 0.337 e. The fourth-order valence-corrected chi connectivity index (χ4v) is 2.48. The molecule has 4 nitrogen and oxygen atoms in total. The van der Waals surface area contributed by atoms with Crippen LogP contribution in [-0.2, 0) is 0 Å². The van der Waals surface area contributed by atoms with Crippen molar-refractivity contribution in [2.75, 3.05) is 5.32 Å². The van der Waals surface area contributed by atoms with Crippen molar-refractivity contribution < 1.29 is 9.90 Å². The van der Waals surface area contributed by atoms with E-state index in [1.54, 1.807) is 0 Å². The van der Waals surface area contributed by atoms with Gasteiger partial charge in [0.1, 0.15) is 5.82 Å². The maximum absolute atomic E-state index is 11.0. The van der Waals surface area contributed by atoms with Crippen molar-refractivity contribution in [2.45, 2.75) is 18.4 Å². The summed E-state index contributed by atoms with van der Waals surface area (Å²) in [7, 11) is 0. The lowest BCUT2D eigenvalue weighted by molar-refractivity contribution is 0.0697. The molecule has 0 radical (unpaired) electrons. The molecular weight excluding hydrogens is 276 g/mol. The number of aromatic carboxylic acids is 1. The van der Waals surface area contributed by atoms with E-state index in [2.05, 4.69) is 22.4 Å². The number of carboxylic acid groups (broad SMARTS) is 1. The molecule has 1 heterocycles. The molecule has 3 rings (SSSR count). The first-order valence-corrected chi connectivity index (χ1v) is 6.73. The molecule has 1 saturated carbocycles. The first-order chi connectivity index (χ1) is 9.65. The van der Waals surface area contributed by atoms with Crippen LogP contribution < -0.4 is 5.32 Å². The number of nitrogens with one attached hydrogen (secondary N) is 1. The zero-order valence-electron chi connectivity index (χ0n) is 10.6. The average molecular weight is 289 g/mol. The van der Waals surface area contributed by atoms with Crippen molar-refractivity contribution >= 4 is 23.4 Å². The number of rotatable bonds is 4. The molecule has 1 aromatic heterocycles. The van der Waals surface area contributed by atoms with E-state index in [9.17, 15) is 4.79 Å². The second-order valence-corrected chi connectivity index (χ2v) is 5.27. The number of halogens is 1. The van der Waals surface area contributed by atoms with E-state index in [-0.39, 0.29) is 10.6 Å². The van der Waals surface area contributed by atoms with Crippen LogP contribution >= 0.6 is 11.6 Å². The number of carbonyl (C=O) groups is 1. The summed E-state index contributed by atoms with van der Waals surface area (Å²) in [6, 6.07) is 12.0. The summed E-state index contributed by atoms with van der Waals surface area (Å²) in [5.41, 5.74) is 1.36. The quantitative estimate of drug-likeness (QED) is 0.905. The van der Waals surface area contributed by atoms with E-state index in [4.69, 9.17) is 16.7 Å². The van der Waals surface area contributed by atoms with Gasteiger partial charge in [0.25, 0.3) is 0 Å². The Bertz CT molecular complexity index is 646. The van der Waals surface area contributed by atoms with Gasteiger partial charge >= 0.3 is 5.97 Å². The van der Waals surface area contributed by atoms with Gasteiger partial charge in [-0.2, -0.15) is 0 Å². The Morgan fingerprint density at radius 2 is 2.10 bits per heavy atom. The lowest BCUT2D eigenvalue weighted by Crippen LogP contribution is -2.08. The Hall–Kier alpha value is -2.07. The number of benzene rings is 1. The minimum absolute atomic E-state index is 0.0704. The van der Waals surface area contributed by atoms with Crippen LogP contribution in [0.25, 0.3) is 0 Å². The molecule has 2 atom stereocenters. The summed E-state index contributed by atoms with van der Waals surface area (Å²) in [6.45, 7) is 0. The number of aromatic nitrogens is 1. The van der Waals surface area contributed by atoms with Crippen LogP contribution in [0.15, 0.2) is 42.6 Å². The van der Waals surface area contributed by atoms with Crippen molar-refractivity contribution in [1.82, 2.24) is 4.98 Å². The SMILES string of the molecule is O=C(O)c1cc(NC2CC2c2ccccc2)ncc1Cl. The van der Waals surface area contributed by atoms with Gasteiger partial charge in [0, 0.05) is 18.2 Å². The maximum Gasteiger partial charge on any atom is 0.337 e. The molecule has 0 spiro atoms. The molecule has 2 aromatic rings. The van der Waals surface area contributed by atoms with Crippen LogP contribution in [0.4, 0.5) is 5.82 Å². The molecule has 2 unspecified atom stereocenters. The van der Waals surface area contributed by atoms with Crippen molar-refractivity contribution in [3.8, 4) is 0 Å². The molecule has 0 aliphatic heterocycles. The molecule has 20 heavy (non-hydrogen) atoms. The van der Waals surface area contributed by atoms with Gasteiger partial charge in [-0.1, -0.05) is 41.9 Å². The molecule has 0 bridgehead atoms. The highest BCUT2D eigenvalue weighted by atomic mass is 35.5. The minimum atomic E-state index is -1.05. The standard InChI is InChI=1S/C15H13ClN2O2/c16-12-8-17-14(7-11(12)15(19)20)18-13-6-10(13)9-4-2-1-3-5-9/h1-5,7-8,10,13H,6H2,(H,17,18)(H,19,20). The number of anilines is 1.